The molecule has 4 aromatic rings. The van der Waals surface area contributed by atoms with Gasteiger partial charge >= 0.3 is 0 Å². The Morgan fingerprint density at radius 3 is 2.44 bits per heavy atom. The molecule has 0 aliphatic carbocycles. The van der Waals surface area contributed by atoms with Gasteiger partial charge < -0.3 is 9.88 Å². The lowest BCUT2D eigenvalue weighted by Crippen LogP contribution is -2.18. The number of sulfone groups is 1. The maximum Gasteiger partial charge on any atom is 0.244 e. The van der Waals surface area contributed by atoms with Gasteiger partial charge in [-0.3, -0.25) is 4.79 Å². The van der Waals surface area contributed by atoms with Crippen LogP contribution in [0.5, 0.6) is 0 Å². The standard InChI is InChI=1S/C23H17Cl2FN2O3S/c24-16-7-10-20(19(25)11-16)27-23(29)13-28-12-22(18-3-1-2-4-21(18)28)32(30,31)14-15-5-8-17(26)9-6-15/h1-12H,13-14H2,(H,27,29). The summed E-state index contributed by atoms with van der Waals surface area (Å²) in [6, 6.07) is 17.0. The number of hydrogen-bond donors (Lipinski definition) is 1. The molecule has 1 aromatic heterocycles. The van der Waals surface area contributed by atoms with Crippen LogP contribution in [-0.2, 0) is 26.9 Å². The average Bonchev–Trinajstić information content (AvgIpc) is 3.11. The fourth-order valence-electron chi connectivity index (χ4n) is 3.40. The first kappa shape index (κ1) is 22.3. The molecule has 1 heterocycles. The molecule has 0 unspecified atom stereocenters. The molecular weight excluding hydrogens is 474 g/mol. The third-order valence-electron chi connectivity index (χ3n) is 4.88. The first-order valence-electron chi connectivity index (χ1n) is 9.53. The first-order valence-corrected chi connectivity index (χ1v) is 11.9. The Morgan fingerprint density at radius 1 is 1.00 bits per heavy atom. The summed E-state index contributed by atoms with van der Waals surface area (Å²) in [5, 5.41) is 3.96. The molecule has 9 heteroatoms. The summed E-state index contributed by atoms with van der Waals surface area (Å²) in [7, 11) is -3.75. The largest absolute Gasteiger partial charge is 0.337 e. The minimum atomic E-state index is -3.75. The molecule has 0 saturated carbocycles. The van der Waals surface area contributed by atoms with Gasteiger partial charge in [0.1, 0.15) is 12.4 Å². The Hall–Kier alpha value is -2.87. The molecular formula is C23H17Cl2FN2O3S. The minimum Gasteiger partial charge on any atom is -0.337 e. The monoisotopic (exact) mass is 490 g/mol. The number of amides is 1. The van der Waals surface area contributed by atoms with Crippen molar-refractivity contribution < 1.29 is 17.6 Å². The maximum absolute atomic E-state index is 13.2. The summed E-state index contributed by atoms with van der Waals surface area (Å²) in [6.45, 7) is -0.120. The highest BCUT2D eigenvalue weighted by atomic mass is 35.5. The number of nitrogens with zero attached hydrogens (tertiary/aromatic N) is 1. The summed E-state index contributed by atoms with van der Waals surface area (Å²) < 4.78 is 41.0. The number of aromatic nitrogens is 1. The van der Waals surface area contributed by atoms with E-state index in [1.807, 2.05) is 0 Å². The van der Waals surface area contributed by atoms with E-state index in [1.165, 1.54) is 36.5 Å². The molecule has 0 atom stereocenters. The van der Waals surface area contributed by atoms with Crippen molar-refractivity contribution in [3.8, 4) is 0 Å². The zero-order valence-electron chi connectivity index (χ0n) is 16.6. The van der Waals surface area contributed by atoms with E-state index < -0.39 is 15.7 Å². The summed E-state index contributed by atoms with van der Waals surface area (Å²) in [5.41, 5.74) is 1.47. The molecule has 0 aliphatic rings. The second kappa shape index (κ2) is 8.94. The summed E-state index contributed by atoms with van der Waals surface area (Å²) in [5.74, 6) is -1.10. The quantitative estimate of drug-likeness (QED) is 0.376. The van der Waals surface area contributed by atoms with E-state index in [9.17, 15) is 17.6 Å². The highest BCUT2D eigenvalue weighted by Crippen LogP contribution is 2.29. The van der Waals surface area contributed by atoms with Gasteiger partial charge in [0, 0.05) is 22.1 Å². The fourth-order valence-corrected chi connectivity index (χ4v) is 5.44. The molecule has 1 amide bonds. The smallest absolute Gasteiger partial charge is 0.244 e. The lowest BCUT2D eigenvalue weighted by atomic mass is 10.2. The number of nitrogens with one attached hydrogen (secondary N) is 1. The van der Waals surface area contributed by atoms with Crippen molar-refractivity contribution in [3.63, 3.8) is 0 Å². The van der Waals surface area contributed by atoms with E-state index in [4.69, 9.17) is 23.2 Å². The Balaban J connectivity index is 1.63. The molecule has 4 rings (SSSR count). The average molecular weight is 491 g/mol. The second-order valence-corrected chi connectivity index (χ2v) is 10.00. The van der Waals surface area contributed by atoms with Crippen LogP contribution in [0.1, 0.15) is 5.56 Å². The van der Waals surface area contributed by atoms with Crippen molar-refractivity contribution in [2.45, 2.75) is 17.2 Å². The van der Waals surface area contributed by atoms with Crippen LogP contribution >= 0.6 is 23.2 Å². The van der Waals surface area contributed by atoms with E-state index in [0.717, 1.165) is 0 Å². The zero-order valence-corrected chi connectivity index (χ0v) is 18.9. The van der Waals surface area contributed by atoms with E-state index in [-0.39, 0.29) is 23.1 Å². The van der Waals surface area contributed by atoms with Crippen molar-refractivity contribution in [1.82, 2.24) is 4.57 Å². The summed E-state index contributed by atoms with van der Waals surface area (Å²) >= 11 is 12.0. The van der Waals surface area contributed by atoms with E-state index >= 15 is 0 Å². The van der Waals surface area contributed by atoms with Crippen LogP contribution in [0, 0.1) is 5.82 Å². The number of hydrogen-bond acceptors (Lipinski definition) is 3. The topological polar surface area (TPSA) is 68.2 Å². The molecule has 0 radical (unpaired) electrons. The zero-order chi connectivity index (χ0) is 22.9. The van der Waals surface area contributed by atoms with Crippen LogP contribution in [0.25, 0.3) is 10.9 Å². The van der Waals surface area contributed by atoms with E-state index in [0.29, 0.717) is 32.2 Å². The third kappa shape index (κ3) is 4.80. The van der Waals surface area contributed by atoms with E-state index in [2.05, 4.69) is 5.32 Å². The van der Waals surface area contributed by atoms with E-state index in [1.54, 1.807) is 41.0 Å². The van der Waals surface area contributed by atoms with Crippen molar-refractivity contribution in [1.29, 1.82) is 0 Å². The number of benzene rings is 3. The van der Waals surface area contributed by atoms with Gasteiger partial charge in [-0.1, -0.05) is 53.5 Å². The number of para-hydroxylation sites is 1. The van der Waals surface area contributed by atoms with Gasteiger partial charge in [-0.15, -0.1) is 0 Å². The van der Waals surface area contributed by atoms with Gasteiger partial charge in [0.2, 0.25) is 5.91 Å². The molecule has 0 fully saturated rings. The molecule has 0 bridgehead atoms. The minimum absolute atomic E-state index is 0.106. The summed E-state index contributed by atoms with van der Waals surface area (Å²) in [6.07, 6.45) is 1.45. The van der Waals surface area contributed by atoms with Gasteiger partial charge in [0.15, 0.2) is 9.84 Å². The number of halogens is 3. The Kier molecular flexibility index (Phi) is 6.24. The van der Waals surface area contributed by atoms with Gasteiger partial charge in [0.05, 0.1) is 21.4 Å². The fraction of sp³-hybridized carbons (Fsp3) is 0.0870. The van der Waals surface area contributed by atoms with Crippen LogP contribution in [0.2, 0.25) is 10.0 Å². The Morgan fingerprint density at radius 2 is 1.72 bits per heavy atom. The van der Waals surface area contributed by atoms with Crippen LogP contribution in [0.3, 0.4) is 0 Å². The molecule has 0 saturated heterocycles. The Labute approximate surface area is 194 Å². The third-order valence-corrected chi connectivity index (χ3v) is 7.13. The molecule has 3 aromatic carbocycles. The van der Waals surface area contributed by atoms with Crippen LogP contribution < -0.4 is 5.32 Å². The first-order chi connectivity index (χ1) is 15.2. The lowest BCUT2D eigenvalue weighted by molar-refractivity contribution is -0.116. The number of anilines is 1. The predicted molar refractivity (Wildman–Crippen MR) is 124 cm³/mol. The molecule has 5 nitrogen and oxygen atoms in total. The highest BCUT2D eigenvalue weighted by Gasteiger charge is 2.22. The maximum atomic E-state index is 13.2. The molecule has 0 aliphatic heterocycles. The number of fused-ring (bicyclic) bond motifs is 1. The SMILES string of the molecule is O=C(Cn1cc(S(=O)(=O)Cc2ccc(F)cc2)c2ccccc21)Nc1ccc(Cl)cc1Cl. The van der Waals surface area contributed by atoms with Crippen LogP contribution in [0.4, 0.5) is 10.1 Å². The van der Waals surface area contributed by atoms with Crippen molar-refractivity contribution >= 4 is 55.5 Å². The second-order valence-electron chi connectivity index (χ2n) is 7.20. The van der Waals surface area contributed by atoms with Crippen LogP contribution in [0.15, 0.2) is 77.8 Å². The molecule has 164 valence electrons. The lowest BCUT2D eigenvalue weighted by Gasteiger charge is -2.09. The van der Waals surface area contributed by atoms with Crippen LogP contribution in [-0.4, -0.2) is 18.9 Å². The van der Waals surface area contributed by atoms with Gasteiger partial charge in [-0.25, -0.2) is 12.8 Å². The number of carbonyl (C=O) groups is 1. The molecule has 32 heavy (non-hydrogen) atoms. The Bertz CT molecular complexity index is 1420. The summed E-state index contributed by atoms with van der Waals surface area (Å²) in [4.78, 5) is 12.7. The molecule has 0 spiro atoms. The van der Waals surface area contributed by atoms with Crippen molar-refractivity contribution in [2.75, 3.05) is 5.32 Å². The highest BCUT2D eigenvalue weighted by molar-refractivity contribution is 7.90. The predicted octanol–water partition coefficient (Wildman–Crippen LogP) is 5.70. The van der Waals surface area contributed by atoms with Gasteiger partial charge in [-0.05, 0) is 42.0 Å². The van der Waals surface area contributed by atoms with Gasteiger partial charge in [-0.2, -0.15) is 0 Å². The molecule has 1 N–H and O–H groups in total. The van der Waals surface area contributed by atoms with Crippen molar-refractivity contribution in [2.24, 2.45) is 0 Å². The number of carbonyl (C=O) groups excluding carboxylic acids is 1. The van der Waals surface area contributed by atoms with Crippen molar-refractivity contribution in [3.05, 3.63) is 94.4 Å². The number of rotatable bonds is 6. The normalized spacial score (nSPS) is 11.6. The van der Waals surface area contributed by atoms with Gasteiger partial charge in [0.25, 0.3) is 0 Å².